The quantitative estimate of drug-likeness (QED) is 0.198. The van der Waals surface area contributed by atoms with E-state index in [2.05, 4.69) is 26.8 Å². The number of phenolic OH excluding ortho intramolecular Hbond substituents is 2. The minimum Gasteiger partial charge on any atom is -0.508 e. The van der Waals surface area contributed by atoms with Crippen LogP contribution in [0.2, 0.25) is 0 Å². The van der Waals surface area contributed by atoms with Gasteiger partial charge in [-0.2, -0.15) is 0 Å². The number of ether oxygens (including phenoxy) is 3. The van der Waals surface area contributed by atoms with Gasteiger partial charge in [0.05, 0.1) is 19.3 Å². The van der Waals surface area contributed by atoms with E-state index in [4.69, 9.17) is 14.2 Å². The summed E-state index contributed by atoms with van der Waals surface area (Å²) in [6.45, 7) is 6.56. The van der Waals surface area contributed by atoms with Crippen molar-refractivity contribution in [3.63, 3.8) is 0 Å². The Bertz CT molecular complexity index is 1500. The molecule has 0 aromatic heterocycles. The van der Waals surface area contributed by atoms with Crippen molar-refractivity contribution in [2.24, 2.45) is 5.92 Å². The highest BCUT2D eigenvalue weighted by atomic mass is 16.5. The van der Waals surface area contributed by atoms with E-state index < -0.39 is 12.2 Å². The molecule has 3 N–H and O–H groups in total. The van der Waals surface area contributed by atoms with E-state index in [1.54, 1.807) is 13.2 Å². The molecule has 6 rings (SSSR count). The first-order valence-corrected chi connectivity index (χ1v) is 17.2. The molecule has 1 aliphatic heterocycles. The van der Waals surface area contributed by atoms with Crippen LogP contribution in [0.15, 0.2) is 36.4 Å². The molecule has 0 saturated heterocycles. The SMILES string of the molecule is CCCCCC1Cc2cc(O)c(CC(C)C)cc2-c2c(OC)cc3c(c21)CC(O)C(c1ccc(O)c(OC2CCCCC2)c1)O3. The number of aromatic hydroxyl groups is 2. The molecule has 1 fully saturated rings. The number of hydrogen-bond donors (Lipinski definition) is 3. The van der Waals surface area contributed by atoms with E-state index >= 15 is 0 Å². The number of aliphatic hydroxyl groups is 1. The van der Waals surface area contributed by atoms with Crippen molar-refractivity contribution in [2.75, 3.05) is 7.11 Å². The molecule has 1 saturated carbocycles. The molecular weight excluding hydrogens is 564 g/mol. The predicted octanol–water partition coefficient (Wildman–Crippen LogP) is 8.94. The second-order valence-corrected chi connectivity index (χ2v) is 13.9. The third-order valence-electron chi connectivity index (χ3n) is 10.0. The van der Waals surface area contributed by atoms with Gasteiger partial charge in [0.1, 0.15) is 23.4 Å². The summed E-state index contributed by atoms with van der Waals surface area (Å²) in [5.41, 5.74) is 7.35. The Morgan fingerprint density at radius 2 is 1.73 bits per heavy atom. The molecule has 0 radical (unpaired) electrons. The van der Waals surface area contributed by atoms with Crippen LogP contribution in [0.25, 0.3) is 11.1 Å². The molecule has 0 spiro atoms. The van der Waals surface area contributed by atoms with E-state index in [9.17, 15) is 15.3 Å². The lowest BCUT2D eigenvalue weighted by atomic mass is 9.72. The van der Waals surface area contributed by atoms with Gasteiger partial charge in [0.2, 0.25) is 0 Å². The Morgan fingerprint density at radius 1 is 0.933 bits per heavy atom. The highest BCUT2D eigenvalue weighted by Crippen LogP contribution is 2.54. The fourth-order valence-electron chi connectivity index (χ4n) is 7.82. The zero-order valence-electron chi connectivity index (χ0n) is 27.4. The molecule has 6 heteroatoms. The van der Waals surface area contributed by atoms with E-state index in [0.29, 0.717) is 23.8 Å². The molecule has 3 aromatic carbocycles. The average molecular weight is 615 g/mol. The summed E-state index contributed by atoms with van der Waals surface area (Å²) in [4.78, 5) is 0. The van der Waals surface area contributed by atoms with Gasteiger partial charge in [0.25, 0.3) is 0 Å². The molecule has 3 aromatic rings. The van der Waals surface area contributed by atoms with Crippen LogP contribution in [0.3, 0.4) is 0 Å². The van der Waals surface area contributed by atoms with E-state index in [-0.39, 0.29) is 17.8 Å². The molecule has 1 heterocycles. The third kappa shape index (κ3) is 6.49. The Balaban J connectivity index is 1.40. The van der Waals surface area contributed by atoms with Gasteiger partial charge in [0.15, 0.2) is 11.5 Å². The Kier molecular flexibility index (Phi) is 9.51. The van der Waals surface area contributed by atoms with Gasteiger partial charge in [0, 0.05) is 23.6 Å². The van der Waals surface area contributed by atoms with Crippen LogP contribution in [0.1, 0.15) is 118 Å². The number of aliphatic hydroxyl groups excluding tert-OH is 1. The lowest BCUT2D eigenvalue weighted by molar-refractivity contribution is 0.0199. The molecule has 2 aliphatic carbocycles. The van der Waals surface area contributed by atoms with Crippen LogP contribution in [0, 0.1) is 5.92 Å². The Labute approximate surface area is 268 Å². The predicted molar refractivity (Wildman–Crippen MR) is 178 cm³/mol. The fraction of sp³-hybridized carbons (Fsp3) is 0.538. The van der Waals surface area contributed by atoms with E-state index in [1.165, 1.54) is 12.0 Å². The molecule has 45 heavy (non-hydrogen) atoms. The second kappa shape index (κ2) is 13.5. The van der Waals surface area contributed by atoms with Gasteiger partial charge in [-0.05, 0) is 109 Å². The van der Waals surface area contributed by atoms with Crippen molar-refractivity contribution in [1.29, 1.82) is 0 Å². The van der Waals surface area contributed by atoms with Crippen molar-refractivity contribution < 1.29 is 29.5 Å². The highest BCUT2D eigenvalue weighted by molar-refractivity contribution is 5.83. The van der Waals surface area contributed by atoms with E-state index in [1.807, 2.05) is 24.3 Å². The first-order chi connectivity index (χ1) is 21.8. The summed E-state index contributed by atoms with van der Waals surface area (Å²) in [6, 6.07) is 11.4. The molecule has 3 unspecified atom stereocenters. The van der Waals surface area contributed by atoms with Crippen LogP contribution >= 0.6 is 0 Å². The summed E-state index contributed by atoms with van der Waals surface area (Å²) < 4.78 is 19.0. The number of methoxy groups -OCH3 is 1. The van der Waals surface area contributed by atoms with Gasteiger partial charge >= 0.3 is 0 Å². The molecule has 3 atom stereocenters. The molecule has 242 valence electrons. The lowest BCUT2D eigenvalue weighted by Gasteiger charge is -2.38. The maximum atomic E-state index is 11.7. The molecule has 3 aliphatic rings. The van der Waals surface area contributed by atoms with Gasteiger partial charge in [-0.3, -0.25) is 0 Å². The van der Waals surface area contributed by atoms with Crippen LogP contribution in [0.4, 0.5) is 0 Å². The van der Waals surface area contributed by atoms with Crippen molar-refractivity contribution in [3.8, 4) is 39.9 Å². The van der Waals surface area contributed by atoms with Crippen molar-refractivity contribution in [1.82, 2.24) is 0 Å². The number of hydrogen-bond acceptors (Lipinski definition) is 6. The first-order valence-electron chi connectivity index (χ1n) is 17.2. The first kappa shape index (κ1) is 31.6. The number of rotatable bonds is 10. The minimum atomic E-state index is -0.768. The maximum absolute atomic E-state index is 11.7. The minimum absolute atomic E-state index is 0.101. The molecular formula is C39H50O6. The zero-order chi connectivity index (χ0) is 31.7. The van der Waals surface area contributed by atoms with Crippen molar-refractivity contribution in [3.05, 3.63) is 64.2 Å². The average Bonchev–Trinajstić information content (AvgIpc) is 3.02. The van der Waals surface area contributed by atoms with Crippen LogP contribution in [0.5, 0.6) is 28.7 Å². The Morgan fingerprint density at radius 3 is 2.47 bits per heavy atom. The molecule has 0 amide bonds. The van der Waals surface area contributed by atoms with Crippen molar-refractivity contribution >= 4 is 0 Å². The van der Waals surface area contributed by atoms with Crippen molar-refractivity contribution in [2.45, 2.75) is 122 Å². The zero-order valence-corrected chi connectivity index (χ0v) is 27.4. The normalized spacial score (nSPS) is 21.1. The second-order valence-electron chi connectivity index (χ2n) is 13.9. The summed E-state index contributed by atoms with van der Waals surface area (Å²) in [6.07, 6.45) is 10.8. The molecule has 0 bridgehead atoms. The number of benzene rings is 3. The van der Waals surface area contributed by atoms with Gasteiger partial charge in [-0.15, -0.1) is 0 Å². The summed E-state index contributed by atoms with van der Waals surface area (Å²) in [5, 5.41) is 33.2. The molecule has 6 nitrogen and oxygen atoms in total. The van der Waals surface area contributed by atoms with Gasteiger partial charge < -0.3 is 29.5 Å². The number of unbranched alkanes of at least 4 members (excludes halogenated alkanes) is 2. The lowest BCUT2D eigenvalue weighted by Crippen LogP contribution is -2.32. The van der Waals surface area contributed by atoms with Crippen LogP contribution < -0.4 is 14.2 Å². The van der Waals surface area contributed by atoms with Gasteiger partial charge in [-0.25, -0.2) is 0 Å². The van der Waals surface area contributed by atoms with Gasteiger partial charge in [-0.1, -0.05) is 52.5 Å². The topological polar surface area (TPSA) is 88.4 Å². The number of fused-ring (bicyclic) bond motifs is 5. The fourth-order valence-corrected chi connectivity index (χ4v) is 7.82. The van der Waals surface area contributed by atoms with E-state index in [0.717, 1.165) is 109 Å². The summed E-state index contributed by atoms with van der Waals surface area (Å²) in [7, 11) is 1.71. The number of phenols is 2. The third-order valence-corrected chi connectivity index (χ3v) is 10.0. The maximum Gasteiger partial charge on any atom is 0.161 e. The van der Waals surface area contributed by atoms with Crippen LogP contribution in [-0.4, -0.2) is 34.6 Å². The standard InChI is InChI=1S/C39H50O6/c1-5-6-8-11-24-17-26-19-32(41)27(16-23(2)3)18-29(26)38-36(43-4)22-34-30(37(24)38)21-33(42)39(45-34)25-14-15-31(40)35(20-25)44-28-12-9-7-10-13-28/h14-15,18-20,22-24,28,33,39-42H,5-13,16-17,21H2,1-4H3. The Hall–Kier alpha value is -3.38. The monoisotopic (exact) mass is 614 g/mol. The van der Waals surface area contributed by atoms with Crippen LogP contribution in [-0.2, 0) is 19.3 Å². The highest BCUT2D eigenvalue weighted by Gasteiger charge is 2.38. The summed E-state index contributed by atoms with van der Waals surface area (Å²) >= 11 is 0. The smallest absolute Gasteiger partial charge is 0.161 e. The summed E-state index contributed by atoms with van der Waals surface area (Å²) in [5.74, 6) is 3.09. The largest absolute Gasteiger partial charge is 0.508 e.